The van der Waals surface area contributed by atoms with Crippen molar-refractivity contribution in [2.75, 3.05) is 13.1 Å². The van der Waals surface area contributed by atoms with Crippen LogP contribution in [0.1, 0.15) is 30.2 Å². The average Bonchev–Trinajstić information content (AvgIpc) is 3.20. The van der Waals surface area contributed by atoms with Gasteiger partial charge in [-0.3, -0.25) is 0 Å². The molecule has 0 saturated carbocycles. The predicted molar refractivity (Wildman–Crippen MR) is 102 cm³/mol. The Morgan fingerprint density at radius 2 is 1.81 bits per heavy atom. The highest BCUT2D eigenvalue weighted by Gasteiger charge is 2.33. The quantitative estimate of drug-likeness (QED) is 0.688. The summed E-state index contributed by atoms with van der Waals surface area (Å²) in [6.45, 7) is 2.88. The van der Waals surface area contributed by atoms with Crippen LogP contribution in [0.15, 0.2) is 64.0 Å². The minimum atomic E-state index is -3.51. The summed E-state index contributed by atoms with van der Waals surface area (Å²) in [4.78, 5) is 4.84. The Bertz CT molecular complexity index is 1010. The van der Waals surface area contributed by atoms with Gasteiger partial charge in [-0.05, 0) is 31.9 Å². The van der Waals surface area contributed by atoms with Gasteiger partial charge in [-0.1, -0.05) is 53.2 Å². The molecule has 0 N–H and O–H groups in total. The fourth-order valence-electron chi connectivity index (χ4n) is 3.32. The van der Waals surface area contributed by atoms with E-state index in [2.05, 4.69) is 10.1 Å². The minimum absolute atomic E-state index is 0.0936. The number of benzene rings is 2. The van der Waals surface area contributed by atoms with E-state index in [-0.39, 0.29) is 5.92 Å². The van der Waals surface area contributed by atoms with Crippen LogP contribution >= 0.6 is 0 Å². The van der Waals surface area contributed by atoms with Crippen LogP contribution in [0.3, 0.4) is 0 Å². The Balaban J connectivity index is 1.55. The second-order valence-electron chi connectivity index (χ2n) is 6.84. The fraction of sp³-hybridized carbons (Fsp3) is 0.300. The number of aromatic nitrogens is 2. The van der Waals surface area contributed by atoms with Gasteiger partial charge >= 0.3 is 0 Å². The molecule has 140 valence electrons. The van der Waals surface area contributed by atoms with Crippen LogP contribution in [0.4, 0.5) is 0 Å². The lowest BCUT2D eigenvalue weighted by molar-refractivity contribution is 0.265. The molecule has 0 spiro atoms. The van der Waals surface area contributed by atoms with Gasteiger partial charge in [-0.15, -0.1) is 0 Å². The first-order valence-electron chi connectivity index (χ1n) is 9.00. The Labute approximate surface area is 158 Å². The van der Waals surface area contributed by atoms with Crippen molar-refractivity contribution in [1.82, 2.24) is 14.4 Å². The number of sulfonamides is 1. The molecule has 0 amide bonds. The number of nitrogens with zero attached hydrogens (tertiary/aromatic N) is 3. The molecule has 0 bridgehead atoms. The smallest absolute Gasteiger partial charge is 0.243 e. The van der Waals surface area contributed by atoms with Crippen LogP contribution in [0.2, 0.25) is 0 Å². The van der Waals surface area contributed by atoms with Gasteiger partial charge in [-0.25, -0.2) is 8.42 Å². The fourth-order valence-corrected chi connectivity index (χ4v) is 4.87. The van der Waals surface area contributed by atoms with Crippen molar-refractivity contribution in [3.05, 3.63) is 66.1 Å². The Kier molecular flexibility index (Phi) is 4.80. The zero-order valence-corrected chi connectivity index (χ0v) is 15.9. The third kappa shape index (κ3) is 3.65. The summed E-state index contributed by atoms with van der Waals surface area (Å²) in [6, 6.07) is 16.4. The largest absolute Gasteiger partial charge is 0.339 e. The Morgan fingerprint density at radius 1 is 1.07 bits per heavy atom. The lowest BCUT2D eigenvalue weighted by atomic mass is 10.00. The first-order chi connectivity index (χ1) is 13.0. The summed E-state index contributed by atoms with van der Waals surface area (Å²) >= 11 is 0. The van der Waals surface area contributed by atoms with Gasteiger partial charge in [0.05, 0.1) is 10.8 Å². The van der Waals surface area contributed by atoms with Crippen molar-refractivity contribution in [2.45, 2.75) is 30.6 Å². The second-order valence-corrected chi connectivity index (χ2v) is 8.78. The van der Waals surface area contributed by atoms with Gasteiger partial charge in [0, 0.05) is 18.7 Å². The van der Waals surface area contributed by atoms with E-state index >= 15 is 0 Å². The summed E-state index contributed by atoms with van der Waals surface area (Å²) < 4.78 is 32.8. The van der Waals surface area contributed by atoms with Crippen molar-refractivity contribution in [1.29, 1.82) is 0 Å². The molecule has 27 heavy (non-hydrogen) atoms. The van der Waals surface area contributed by atoms with Crippen LogP contribution in [0.25, 0.3) is 11.4 Å². The molecule has 4 rings (SSSR count). The van der Waals surface area contributed by atoms with Gasteiger partial charge in [0.15, 0.2) is 0 Å². The number of rotatable bonds is 4. The Morgan fingerprint density at radius 3 is 2.56 bits per heavy atom. The second kappa shape index (κ2) is 7.25. The van der Waals surface area contributed by atoms with Gasteiger partial charge in [0.1, 0.15) is 0 Å². The maximum Gasteiger partial charge on any atom is 0.243 e. The normalized spacial score (nSPS) is 18.5. The zero-order chi connectivity index (χ0) is 18.9. The van der Waals surface area contributed by atoms with Crippen molar-refractivity contribution in [3.63, 3.8) is 0 Å². The molecular formula is C20H21N3O3S. The summed E-state index contributed by atoms with van der Waals surface area (Å²) in [5.41, 5.74) is 2.05. The van der Waals surface area contributed by atoms with E-state index in [9.17, 15) is 8.42 Å². The lowest BCUT2D eigenvalue weighted by Crippen LogP contribution is -2.39. The number of hydrogen-bond acceptors (Lipinski definition) is 5. The van der Waals surface area contributed by atoms with Gasteiger partial charge in [0.2, 0.25) is 21.7 Å². The van der Waals surface area contributed by atoms with Crippen LogP contribution < -0.4 is 0 Å². The van der Waals surface area contributed by atoms with Gasteiger partial charge < -0.3 is 4.52 Å². The first-order valence-corrected chi connectivity index (χ1v) is 10.4. The first kappa shape index (κ1) is 17.9. The van der Waals surface area contributed by atoms with Gasteiger partial charge in [-0.2, -0.15) is 9.29 Å². The number of aryl methyl sites for hydroxylation is 1. The van der Waals surface area contributed by atoms with Crippen molar-refractivity contribution >= 4 is 10.0 Å². The molecule has 1 aliphatic rings. The molecule has 1 fully saturated rings. The third-order valence-electron chi connectivity index (χ3n) is 4.87. The molecule has 2 aromatic carbocycles. The molecule has 0 radical (unpaired) electrons. The predicted octanol–water partition coefficient (Wildman–Crippen LogP) is 3.61. The molecule has 7 heteroatoms. The molecule has 0 unspecified atom stereocenters. The van der Waals surface area contributed by atoms with Crippen molar-refractivity contribution in [2.24, 2.45) is 0 Å². The molecular weight excluding hydrogens is 362 g/mol. The van der Waals surface area contributed by atoms with Crippen molar-refractivity contribution in [3.8, 4) is 11.4 Å². The molecule has 1 saturated heterocycles. The molecule has 1 aliphatic heterocycles. The molecule has 1 atom stereocenters. The number of piperidine rings is 1. The summed E-state index contributed by atoms with van der Waals surface area (Å²) in [6.07, 6.45) is 1.59. The van der Waals surface area contributed by atoms with Crippen LogP contribution in [-0.2, 0) is 10.0 Å². The Hall–Kier alpha value is -2.51. The van der Waals surface area contributed by atoms with E-state index in [1.165, 1.54) is 4.31 Å². The summed E-state index contributed by atoms with van der Waals surface area (Å²) in [5.74, 6) is 0.940. The highest BCUT2D eigenvalue weighted by atomic mass is 32.2. The van der Waals surface area contributed by atoms with Crippen molar-refractivity contribution < 1.29 is 12.9 Å². The lowest BCUT2D eigenvalue weighted by Gasteiger charge is -2.30. The monoisotopic (exact) mass is 383 g/mol. The molecule has 2 heterocycles. The molecule has 6 nitrogen and oxygen atoms in total. The zero-order valence-electron chi connectivity index (χ0n) is 15.1. The summed E-state index contributed by atoms with van der Waals surface area (Å²) in [7, 11) is -3.51. The molecule has 1 aromatic heterocycles. The SMILES string of the molecule is Cc1ccc(-c2noc([C@H]3CCCN(S(=O)(=O)c4ccccc4)C3)n2)cc1. The van der Waals surface area contributed by atoms with E-state index in [0.29, 0.717) is 29.7 Å². The van der Waals surface area contributed by atoms with Crippen LogP contribution in [0.5, 0.6) is 0 Å². The molecule has 0 aliphatic carbocycles. The standard InChI is InChI=1S/C20H21N3O3S/c1-15-9-11-16(12-10-15)19-21-20(26-22-19)17-6-5-13-23(14-17)27(24,25)18-7-3-2-4-8-18/h2-4,7-12,17H,5-6,13-14H2,1H3/t17-/m0/s1. The van der Waals surface area contributed by atoms with E-state index in [4.69, 9.17) is 4.52 Å². The van der Waals surface area contributed by atoms with E-state index in [1.54, 1.807) is 24.3 Å². The van der Waals surface area contributed by atoms with Gasteiger partial charge in [0.25, 0.3) is 0 Å². The van der Waals surface area contributed by atoms with Crippen LogP contribution in [0, 0.1) is 6.92 Å². The minimum Gasteiger partial charge on any atom is -0.339 e. The number of hydrogen-bond donors (Lipinski definition) is 0. The van der Waals surface area contributed by atoms with E-state index in [1.807, 2.05) is 37.3 Å². The highest BCUT2D eigenvalue weighted by Crippen LogP contribution is 2.30. The maximum absolute atomic E-state index is 12.9. The topological polar surface area (TPSA) is 76.3 Å². The summed E-state index contributed by atoms with van der Waals surface area (Å²) in [5, 5.41) is 4.08. The maximum atomic E-state index is 12.9. The third-order valence-corrected chi connectivity index (χ3v) is 6.75. The average molecular weight is 383 g/mol. The van der Waals surface area contributed by atoms with E-state index < -0.39 is 10.0 Å². The molecule has 3 aromatic rings. The van der Waals surface area contributed by atoms with E-state index in [0.717, 1.165) is 24.0 Å². The highest BCUT2D eigenvalue weighted by molar-refractivity contribution is 7.89. The van der Waals surface area contributed by atoms with Crippen LogP contribution in [-0.4, -0.2) is 36.0 Å².